The highest BCUT2D eigenvalue weighted by atomic mass is 16.1. The molecule has 1 amide bonds. The Morgan fingerprint density at radius 1 is 1.47 bits per heavy atom. The van der Waals surface area contributed by atoms with E-state index in [2.05, 4.69) is 17.2 Å². The van der Waals surface area contributed by atoms with Crippen molar-refractivity contribution in [1.29, 1.82) is 0 Å². The van der Waals surface area contributed by atoms with Gasteiger partial charge in [-0.05, 0) is 18.6 Å². The Balaban J connectivity index is 2.66. The fourth-order valence-corrected chi connectivity index (χ4v) is 1.26. The average Bonchev–Trinajstić information content (AvgIpc) is 2.25. The molecule has 0 spiro atoms. The summed E-state index contributed by atoms with van der Waals surface area (Å²) in [5.41, 5.74) is 6.72. The lowest BCUT2D eigenvalue weighted by atomic mass is 10.1. The van der Waals surface area contributed by atoms with Crippen LogP contribution in [0.25, 0.3) is 0 Å². The van der Waals surface area contributed by atoms with Crippen LogP contribution in [-0.4, -0.2) is 12.5 Å². The molecular formula is C12H14N2O. The van der Waals surface area contributed by atoms with Crippen molar-refractivity contribution in [3.05, 3.63) is 35.4 Å². The summed E-state index contributed by atoms with van der Waals surface area (Å²) < 4.78 is 0. The number of primary amides is 1. The van der Waals surface area contributed by atoms with E-state index >= 15 is 0 Å². The molecule has 3 heteroatoms. The van der Waals surface area contributed by atoms with Crippen molar-refractivity contribution in [1.82, 2.24) is 5.32 Å². The molecule has 0 aliphatic heterocycles. The molecule has 15 heavy (non-hydrogen) atoms. The third-order valence-electron chi connectivity index (χ3n) is 1.99. The molecule has 3 nitrogen and oxygen atoms in total. The molecule has 1 rings (SSSR count). The Kier molecular flexibility index (Phi) is 4.39. The van der Waals surface area contributed by atoms with Gasteiger partial charge >= 0.3 is 0 Å². The minimum absolute atomic E-state index is 0.394. The van der Waals surface area contributed by atoms with Gasteiger partial charge in [-0.2, -0.15) is 0 Å². The van der Waals surface area contributed by atoms with E-state index in [0.29, 0.717) is 18.7 Å². The molecule has 0 aliphatic carbocycles. The van der Waals surface area contributed by atoms with Gasteiger partial charge in [0.25, 0.3) is 0 Å². The van der Waals surface area contributed by atoms with Crippen LogP contribution in [0.4, 0.5) is 0 Å². The first kappa shape index (κ1) is 11.3. The molecule has 0 aliphatic rings. The number of rotatable bonds is 4. The fourth-order valence-electron chi connectivity index (χ4n) is 1.26. The molecule has 0 saturated heterocycles. The zero-order chi connectivity index (χ0) is 11.1. The lowest BCUT2D eigenvalue weighted by Crippen LogP contribution is -2.19. The van der Waals surface area contributed by atoms with Gasteiger partial charge in [0, 0.05) is 12.1 Å². The first-order valence-corrected chi connectivity index (χ1v) is 4.73. The van der Waals surface area contributed by atoms with E-state index in [1.165, 1.54) is 0 Å². The van der Waals surface area contributed by atoms with Gasteiger partial charge in [-0.25, -0.2) is 0 Å². The lowest BCUT2D eigenvalue weighted by molar-refractivity contribution is 0.0999. The number of hydrogen-bond donors (Lipinski definition) is 2. The molecule has 0 bridgehead atoms. The summed E-state index contributed by atoms with van der Waals surface area (Å²) in [6.45, 7) is 3.01. The average molecular weight is 202 g/mol. The van der Waals surface area contributed by atoms with Crippen molar-refractivity contribution >= 4 is 5.91 Å². The van der Waals surface area contributed by atoms with Crippen LogP contribution < -0.4 is 11.1 Å². The number of hydrogen-bond acceptors (Lipinski definition) is 2. The van der Waals surface area contributed by atoms with E-state index in [0.717, 1.165) is 5.56 Å². The Morgan fingerprint density at radius 2 is 2.20 bits per heavy atom. The number of benzene rings is 1. The molecule has 3 N–H and O–H groups in total. The van der Waals surface area contributed by atoms with Gasteiger partial charge in [0.2, 0.25) is 5.91 Å². The van der Waals surface area contributed by atoms with Gasteiger partial charge in [0.1, 0.15) is 0 Å². The van der Waals surface area contributed by atoms with Crippen LogP contribution in [0.5, 0.6) is 0 Å². The molecule has 0 saturated carbocycles. The van der Waals surface area contributed by atoms with E-state index in [1.807, 2.05) is 12.1 Å². The minimum Gasteiger partial charge on any atom is -0.366 e. The van der Waals surface area contributed by atoms with E-state index in [4.69, 9.17) is 5.73 Å². The van der Waals surface area contributed by atoms with Gasteiger partial charge in [-0.15, -0.1) is 5.92 Å². The fraction of sp³-hybridized carbons (Fsp3) is 0.250. The predicted octanol–water partition coefficient (Wildman–Crippen LogP) is 0.898. The largest absolute Gasteiger partial charge is 0.366 e. The summed E-state index contributed by atoms with van der Waals surface area (Å²) in [6, 6.07) is 7.29. The second kappa shape index (κ2) is 5.84. The summed E-state index contributed by atoms with van der Waals surface area (Å²) in [7, 11) is 0. The van der Waals surface area contributed by atoms with Crippen molar-refractivity contribution in [3.8, 4) is 11.8 Å². The van der Waals surface area contributed by atoms with Crippen LogP contribution in [0.15, 0.2) is 24.3 Å². The quantitative estimate of drug-likeness (QED) is 0.563. The Labute approximate surface area is 89.7 Å². The standard InChI is InChI=1S/C12H14N2O/c1-2-3-8-14-9-10-6-4-5-7-11(10)12(13)15/h4-7,14H,8-9H2,1H3,(H2,13,15). The van der Waals surface area contributed by atoms with E-state index in [9.17, 15) is 4.79 Å². The summed E-state index contributed by atoms with van der Waals surface area (Å²) in [6.07, 6.45) is 0. The van der Waals surface area contributed by atoms with Gasteiger partial charge in [-0.3, -0.25) is 4.79 Å². The summed E-state index contributed by atoms with van der Waals surface area (Å²) >= 11 is 0. The molecule has 78 valence electrons. The van der Waals surface area contributed by atoms with E-state index in [-0.39, 0.29) is 0 Å². The number of amides is 1. The molecule has 0 heterocycles. The second-order valence-electron chi connectivity index (χ2n) is 3.05. The van der Waals surface area contributed by atoms with Crippen LogP contribution in [0.1, 0.15) is 22.8 Å². The summed E-state index contributed by atoms with van der Waals surface area (Å²) in [5, 5.41) is 3.12. The van der Waals surface area contributed by atoms with Crippen molar-refractivity contribution < 1.29 is 4.79 Å². The van der Waals surface area contributed by atoms with Gasteiger partial charge in [0.15, 0.2) is 0 Å². The number of carbonyl (C=O) groups excluding carboxylic acids is 1. The second-order valence-corrected chi connectivity index (χ2v) is 3.05. The smallest absolute Gasteiger partial charge is 0.249 e. The summed E-state index contributed by atoms with van der Waals surface area (Å²) in [4.78, 5) is 11.1. The highest BCUT2D eigenvalue weighted by Gasteiger charge is 2.05. The highest BCUT2D eigenvalue weighted by molar-refractivity contribution is 5.94. The highest BCUT2D eigenvalue weighted by Crippen LogP contribution is 2.07. The van der Waals surface area contributed by atoms with Crippen LogP contribution >= 0.6 is 0 Å². The molecule has 1 aromatic carbocycles. The van der Waals surface area contributed by atoms with Crippen LogP contribution in [0.2, 0.25) is 0 Å². The van der Waals surface area contributed by atoms with Crippen molar-refractivity contribution in [3.63, 3.8) is 0 Å². The molecule has 1 aromatic rings. The Morgan fingerprint density at radius 3 is 2.87 bits per heavy atom. The topological polar surface area (TPSA) is 55.1 Å². The van der Waals surface area contributed by atoms with Gasteiger partial charge in [0.05, 0.1) is 6.54 Å². The lowest BCUT2D eigenvalue weighted by Gasteiger charge is -2.05. The van der Waals surface area contributed by atoms with E-state index < -0.39 is 5.91 Å². The first-order valence-electron chi connectivity index (χ1n) is 4.73. The Hall–Kier alpha value is -1.79. The molecule has 0 atom stereocenters. The zero-order valence-electron chi connectivity index (χ0n) is 8.71. The maximum atomic E-state index is 11.1. The van der Waals surface area contributed by atoms with Crippen molar-refractivity contribution in [2.45, 2.75) is 13.5 Å². The van der Waals surface area contributed by atoms with E-state index in [1.54, 1.807) is 19.1 Å². The van der Waals surface area contributed by atoms with Crippen molar-refractivity contribution in [2.24, 2.45) is 5.73 Å². The molecule has 0 aromatic heterocycles. The maximum Gasteiger partial charge on any atom is 0.249 e. The predicted molar refractivity (Wildman–Crippen MR) is 60.1 cm³/mol. The van der Waals surface area contributed by atoms with Crippen molar-refractivity contribution in [2.75, 3.05) is 6.54 Å². The molecular weight excluding hydrogens is 188 g/mol. The van der Waals surface area contributed by atoms with Gasteiger partial charge in [-0.1, -0.05) is 24.1 Å². The van der Waals surface area contributed by atoms with Crippen LogP contribution in [-0.2, 0) is 6.54 Å². The third kappa shape index (κ3) is 3.45. The zero-order valence-corrected chi connectivity index (χ0v) is 8.71. The molecule has 0 unspecified atom stereocenters. The molecule has 0 radical (unpaired) electrons. The minimum atomic E-state index is -0.394. The maximum absolute atomic E-state index is 11.1. The summed E-state index contributed by atoms with van der Waals surface area (Å²) in [5.74, 6) is 5.28. The van der Waals surface area contributed by atoms with Crippen LogP contribution in [0, 0.1) is 11.8 Å². The Bertz CT molecular complexity index is 402. The number of carbonyl (C=O) groups is 1. The molecule has 0 fully saturated rings. The monoisotopic (exact) mass is 202 g/mol. The third-order valence-corrected chi connectivity index (χ3v) is 1.99. The normalized spacial score (nSPS) is 9.13. The number of nitrogens with one attached hydrogen (secondary N) is 1. The number of nitrogens with two attached hydrogens (primary N) is 1. The van der Waals surface area contributed by atoms with Gasteiger partial charge < -0.3 is 11.1 Å². The first-order chi connectivity index (χ1) is 7.25. The van der Waals surface area contributed by atoms with Crippen LogP contribution in [0.3, 0.4) is 0 Å². The SMILES string of the molecule is CC#CCNCc1ccccc1C(N)=O.